The van der Waals surface area contributed by atoms with Crippen molar-refractivity contribution in [1.29, 1.82) is 0 Å². The van der Waals surface area contributed by atoms with Gasteiger partial charge in [-0.3, -0.25) is 0 Å². The second-order valence-electron chi connectivity index (χ2n) is 4.33. The van der Waals surface area contributed by atoms with Gasteiger partial charge in [0.2, 0.25) is 0 Å². The van der Waals surface area contributed by atoms with Crippen LogP contribution in [0.3, 0.4) is 0 Å². The van der Waals surface area contributed by atoms with Crippen LogP contribution in [0.4, 0.5) is 4.39 Å². The van der Waals surface area contributed by atoms with E-state index >= 15 is 0 Å². The van der Waals surface area contributed by atoms with Crippen molar-refractivity contribution in [2.24, 2.45) is 0 Å². The lowest BCUT2D eigenvalue weighted by Crippen LogP contribution is -2.18. The molecule has 0 aliphatic carbocycles. The first-order valence-corrected chi connectivity index (χ1v) is 6.50. The van der Waals surface area contributed by atoms with Gasteiger partial charge in [-0.15, -0.1) is 0 Å². The van der Waals surface area contributed by atoms with Gasteiger partial charge in [0.15, 0.2) is 0 Å². The number of hydrogen-bond donors (Lipinski definition) is 1. The minimum absolute atomic E-state index is 0.271. The van der Waals surface area contributed by atoms with E-state index in [0.29, 0.717) is 18.9 Å². The van der Waals surface area contributed by atoms with E-state index in [1.54, 1.807) is 19.2 Å². The van der Waals surface area contributed by atoms with Crippen molar-refractivity contribution in [2.45, 2.75) is 6.54 Å². The summed E-state index contributed by atoms with van der Waals surface area (Å²) in [6.45, 7) is 2.14. The normalized spacial score (nSPS) is 10.5. The molecule has 0 saturated heterocycles. The maximum Gasteiger partial charge on any atom is 0.131 e. The average Bonchev–Trinajstić information content (AvgIpc) is 2.47. The Kier molecular flexibility index (Phi) is 5.53. The van der Waals surface area contributed by atoms with E-state index in [2.05, 4.69) is 5.32 Å². The molecule has 0 aliphatic heterocycles. The van der Waals surface area contributed by atoms with Crippen LogP contribution in [0, 0.1) is 5.82 Å². The summed E-state index contributed by atoms with van der Waals surface area (Å²) in [7, 11) is 1.67. The molecule has 2 aromatic carbocycles. The van der Waals surface area contributed by atoms with E-state index in [9.17, 15) is 4.39 Å². The van der Waals surface area contributed by atoms with Crippen LogP contribution in [-0.4, -0.2) is 20.3 Å². The molecule has 0 heterocycles. The lowest BCUT2D eigenvalue weighted by atomic mass is 10.2. The number of ether oxygens (including phenoxy) is 2. The van der Waals surface area contributed by atoms with E-state index in [1.165, 1.54) is 12.1 Å². The third-order valence-corrected chi connectivity index (χ3v) is 2.81. The van der Waals surface area contributed by atoms with Crippen LogP contribution in [0.1, 0.15) is 5.56 Å². The fourth-order valence-corrected chi connectivity index (χ4v) is 1.78. The van der Waals surface area contributed by atoms with Gasteiger partial charge >= 0.3 is 0 Å². The second kappa shape index (κ2) is 7.62. The molecule has 2 rings (SSSR count). The molecule has 2 aromatic rings. The molecule has 3 nitrogen and oxygen atoms in total. The highest BCUT2D eigenvalue weighted by molar-refractivity contribution is 5.37. The highest BCUT2D eigenvalue weighted by Crippen LogP contribution is 2.25. The predicted octanol–water partition coefficient (Wildman–Crippen LogP) is 3.35. The minimum Gasteiger partial charge on any atom is -0.457 e. The summed E-state index contributed by atoms with van der Waals surface area (Å²) in [5.41, 5.74) is 1.05. The van der Waals surface area contributed by atoms with Crippen LogP contribution in [0.5, 0.6) is 11.5 Å². The zero-order valence-corrected chi connectivity index (χ0v) is 11.4. The Hall–Kier alpha value is -1.91. The minimum atomic E-state index is -0.271. The van der Waals surface area contributed by atoms with Crippen LogP contribution in [-0.2, 0) is 11.3 Å². The third kappa shape index (κ3) is 4.33. The Bertz CT molecular complexity index is 528. The van der Waals surface area contributed by atoms with Gasteiger partial charge in [-0.25, -0.2) is 4.39 Å². The lowest BCUT2D eigenvalue weighted by molar-refractivity contribution is 0.199. The summed E-state index contributed by atoms with van der Waals surface area (Å²) >= 11 is 0. The van der Waals surface area contributed by atoms with Crippen LogP contribution in [0.2, 0.25) is 0 Å². The average molecular weight is 275 g/mol. The third-order valence-electron chi connectivity index (χ3n) is 2.81. The molecule has 4 heteroatoms. The number of halogens is 1. The Labute approximate surface area is 118 Å². The van der Waals surface area contributed by atoms with Gasteiger partial charge in [0.25, 0.3) is 0 Å². The van der Waals surface area contributed by atoms with Crippen molar-refractivity contribution in [3.63, 3.8) is 0 Å². The molecule has 0 radical (unpaired) electrons. The molecule has 0 aromatic heterocycles. The van der Waals surface area contributed by atoms with Crippen molar-refractivity contribution in [2.75, 3.05) is 20.3 Å². The molecule has 106 valence electrons. The van der Waals surface area contributed by atoms with Crippen molar-refractivity contribution < 1.29 is 13.9 Å². The molecule has 0 atom stereocenters. The van der Waals surface area contributed by atoms with E-state index in [4.69, 9.17) is 9.47 Å². The number of benzene rings is 2. The van der Waals surface area contributed by atoms with Crippen molar-refractivity contribution in [3.05, 3.63) is 59.9 Å². The summed E-state index contributed by atoms with van der Waals surface area (Å²) in [6.07, 6.45) is 0. The standard InChI is InChI=1S/C16H18FNO2/c1-19-11-10-18-12-13-4-2-3-5-16(13)20-15-8-6-14(17)7-9-15/h2-9,18H,10-12H2,1H3. The second-order valence-corrected chi connectivity index (χ2v) is 4.33. The first kappa shape index (κ1) is 14.5. The Morgan fingerprint density at radius 1 is 1.05 bits per heavy atom. The Balaban J connectivity index is 2.01. The van der Waals surface area contributed by atoms with Gasteiger partial charge in [0, 0.05) is 25.8 Å². The van der Waals surface area contributed by atoms with Crippen LogP contribution >= 0.6 is 0 Å². The van der Waals surface area contributed by atoms with Gasteiger partial charge in [-0.05, 0) is 30.3 Å². The summed E-state index contributed by atoms with van der Waals surface area (Å²) in [6, 6.07) is 13.8. The Morgan fingerprint density at radius 3 is 2.55 bits per heavy atom. The molecule has 0 saturated carbocycles. The van der Waals surface area contributed by atoms with Crippen molar-refractivity contribution in [3.8, 4) is 11.5 Å². The number of hydrogen-bond acceptors (Lipinski definition) is 3. The number of para-hydroxylation sites is 1. The largest absolute Gasteiger partial charge is 0.457 e. The SMILES string of the molecule is COCCNCc1ccccc1Oc1ccc(F)cc1. The summed E-state index contributed by atoms with van der Waals surface area (Å²) in [5, 5.41) is 3.27. The van der Waals surface area contributed by atoms with E-state index < -0.39 is 0 Å². The van der Waals surface area contributed by atoms with E-state index in [-0.39, 0.29) is 5.82 Å². The topological polar surface area (TPSA) is 30.5 Å². The lowest BCUT2D eigenvalue weighted by Gasteiger charge is -2.11. The fraction of sp³-hybridized carbons (Fsp3) is 0.250. The van der Waals surface area contributed by atoms with Gasteiger partial charge in [-0.1, -0.05) is 18.2 Å². The summed E-state index contributed by atoms with van der Waals surface area (Å²) < 4.78 is 23.6. The molecule has 0 unspecified atom stereocenters. The molecule has 0 aliphatic rings. The highest BCUT2D eigenvalue weighted by Gasteiger charge is 2.04. The smallest absolute Gasteiger partial charge is 0.131 e. The van der Waals surface area contributed by atoms with Gasteiger partial charge in [0.05, 0.1) is 6.61 Å². The predicted molar refractivity (Wildman–Crippen MR) is 76.5 cm³/mol. The quantitative estimate of drug-likeness (QED) is 0.786. The fourth-order valence-electron chi connectivity index (χ4n) is 1.78. The molecular formula is C16H18FNO2. The Morgan fingerprint density at radius 2 is 1.80 bits per heavy atom. The summed E-state index contributed by atoms with van der Waals surface area (Å²) in [4.78, 5) is 0. The monoisotopic (exact) mass is 275 g/mol. The zero-order valence-electron chi connectivity index (χ0n) is 11.4. The van der Waals surface area contributed by atoms with Gasteiger partial charge < -0.3 is 14.8 Å². The van der Waals surface area contributed by atoms with Crippen molar-refractivity contribution in [1.82, 2.24) is 5.32 Å². The number of rotatable bonds is 7. The first-order valence-electron chi connectivity index (χ1n) is 6.50. The molecule has 0 amide bonds. The zero-order chi connectivity index (χ0) is 14.2. The maximum atomic E-state index is 12.9. The molecule has 0 spiro atoms. The maximum absolute atomic E-state index is 12.9. The van der Waals surface area contributed by atoms with Crippen molar-refractivity contribution >= 4 is 0 Å². The van der Waals surface area contributed by atoms with E-state index in [1.807, 2.05) is 24.3 Å². The summed E-state index contributed by atoms with van der Waals surface area (Å²) in [5.74, 6) is 1.12. The van der Waals surface area contributed by atoms with Crippen LogP contribution in [0.15, 0.2) is 48.5 Å². The van der Waals surface area contributed by atoms with Crippen LogP contribution in [0.25, 0.3) is 0 Å². The van der Waals surface area contributed by atoms with Crippen LogP contribution < -0.4 is 10.1 Å². The molecule has 0 fully saturated rings. The molecule has 20 heavy (non-hydrogen) atoms. The highest BCUT2D eigenvalue weighted by atomic mass is 19.1. The molecular weight excluding hydrogens is 257 g/mol. The first-order chi connectivity index (χ1) is 9.79. The van der Waals surface area contributed by atoms with Gasteiger partial charge in [0.1, 0.15) is 17.3 Å². The molecule has 1 N–H and O–H groups in total. The number of methoxy groups -OCH3 is 1. The van der Waals surface area contributed by atoms with Gasteiger partial charge in [-0.2, -0.15) is 0 Å². The molecule has 0 bridgehead atoms. The number of nitrogens with one attached hydrogen (secondary N) is 1. The van der Waals surface area contributed by atoms with E-state index in [0.717, 1.165) is 17.9 Å².